The van der Waals surface area contributed by atoms with Gasteiger partial charge in [0.05, 0.1) is 16.6 Å². The van der Waals surface area contributed by atoms with Crippen LogP contribution in [0, 0.1) is 5.82 Å². The van der Waals surface area contributed by atoms with Crippen molar-refractivity contribution in [3.8, 4) is 0 Å². The topological polar surface area (TPSA) is 38.9 Å². The molecule has 21 heavy (non-hydrogen) atoms. The molecule has 1 atom stereocenters. The number of hydrogen-bond donors (Lipinski definition) is 1. The molecule has 1 heterocycles. The van der Waals surface area contributed by atoms with Crippen molar-refractivity contribution in [2.24, 2.45) is 5.73 Å². The molecule has 5 heteroatoms. The first-order chi connectivity index (χ1) is 10.1. The molecule has 0 aliphatic rings. The number of rotatable bonds is 2. The molecule has 0 amide bonds. The molecule has 2 N–H and O–H groups in total. The van der Waals surface area contributed by atoms with E-state index in [1.807, 2.05) is 30.3 Å². The second-order valence-electron chi connectivity index (χ2n) is 4.70. The molecular weight excluding hydrogens is 355 g/mol. The predicted molar refractivity (Wildman–Crippen MR) is 86.9 cm³/mol. The molecule has 3 aromatic rings. The highest BCUT2D eigenvalue weighted by Gasteiger charge is 2.17. The van der Waals surface area contributed by atoms with Crippen molar-refractivity contribution >= 4 is 38.4 Å². The lowest BCUT2D eigenvalue weighted by Gasteiger charge is -2.15. The van der Waals surface area contributed by atoms with Crippen LogP contribution in [0.5, 0.6) is 0 Å². The molecular formula is C16H11BrClFN2. The second kappa shape index (κ2) is 5.72. The Kier molecular flexibility index (Phi) is 3.93. The van der Waals surface area contributed by atoms with E-state index in [-0.39, 0.29) is 5.02 Å². The number of nitrogens with two attached hydrogens (primary N) is 1. The first-order valence-corrected chi connectivity index (χ1v) is 7.48. The van der Waals surface area contributed by atoms with Crippen molar-refractivity contribution in [2.45, 2.75) is 6.04 Å². The molecule has 3 rings (SSSR count). The molecule has 2 aromatic carbocycles. The van der Waals surface area contributed by atoms with Crippen LogP contribution in [0.4, 0.5) is 4.39 Å². The Morgan fingerprint density at radius 1 is 1.19 bits per heavy atom. The molecule has 0 aliphatic carbocycles. The molecule has 106 valence electrons. The average Bonchev–Trinajstić information content (AvgIpc) is 2.52. The summed E-state index contributed by atoms with van der Waals surface area (Å²) in [5.74, 6) is -0.496. The van der Waals surface area contributed by atoms with Gasteiger partial charge in [-0.25, -0.2) is 4.39 Å². The molecule has 0 saturated carbocycles. The van der Waals surface area contributed by atoms with Crippen molar-refractivity contribution in [2.75, 3.05) is 0 Å². The number of benzene rings is 2. The maximum atomic E-state index is 14.3. The summed E-state index contributed by atoms with van der Waals surface area (Å²) in [6.45, 7) is 0. The third kappa shape index (κ3) is 2.67. The normalized spacial score (nSPS) is 12.6. The van der Waals surface area contributed by atoms with E-state index in [0.29, 0.717) is 10.0 Å². The summed E-state index contributed by atoms with van der Waals surface area (Å²) < 4.78 is 14.8. The van der Waals surface area contributed by atoms with Gasteiger partial charge < -0.3 is 5.73 Å². The van der Waals surface area contributed by atoms with Crippen LogP contribution >= 0.6 is 27.5 Å². The number of aromatic nitrogens is 1. The minimum atomic E-state index is -0.583. The highest BCUT2D eigenvalue weighted by Crippen LogP contribution is 2.32. The van der Waals surface area contributed by atoms with Crippen LogP contribution in [-0.2, 0) is 0 Å². The number of nitrogens with zero attached hydrogens (tertiary/aromatic N) is 1. The number of fused-ring (bicyclic) bond motifs is 1. The third-order valence-electron chi connectivity index (χ3n) is 3.39. The van der Waals surface area contributed by atoms with Gasteiger partial charge in [-0.15, -0.1) is 0 Å². The predicted octanol–water partition coefficient (Wildman–Crippen LogP) is 4.84. The van der Waals surface area contributed by atoms with Crippen molar-refractivity contribution < 1.29 is 4.39 Å². The van der Waals surface area contributed by atoms with E-state index in [0.717, 1.165) is 16.5 Å². The summed E-state index contributed by atoms with van der Waals surface area (Å²) in [5, 5.41) is 1.01. The van der Waals surface area contributed by atoms with Gasteiger partial charge in [0.15, 0.2) is 0 Å². The molecule has 1 unspecified atom stereocenters. The highest BCUT2D eigenvalue weighted by molar-refractivity contribution is 9.10. The summed E-state index contributed by atoms with van der Waals surface area (Å²) in [6, 6.07) is 12.2. The Bertz CT molecular complexity index is 822. The zero-order valence-corrected chi connectivity index (χ0v) is 13.2. The van der Waals surface area contributed by atoms with Crippen LogP contribution in [0.1, 0.15) is 17.2 Å². The van der Waals surface area contributed by atoms with Gasteiger partial charge in [0.2, 0.25) is 0 Å². The van der Waals surface area contributed by atoms with Gasteiger partial charge in [-0.1, -0.05) is 29.8 Å². The molecule has 0 bridgehead atoms. The van der Waals surface area contributed by atoms with Crippen LogP contribution in [0.2, 0.25) is 5.02 Å². The van der Waals surface area contributed by atoms with Crippen LogP contribution in [-0.4, -0.2) is 4.98 Å². The van der Waals surface area contributed by atoms with E-state index in [1.165, 1.54) is 0 Å². The minimum absolute atomic E-state index is 0.0467. The summed E-state index contributed by atoms with van der Waals surface area (Å²) in [6.07, 6.45) is 1.73. The van der Waals surface area contributed by atoms with E-state index in [2.05, 4.69) is 20.9 Å². The number of hydrogen-bond acceptors (Lipinski definition) is 2. The van der Waals surface area contributed by atoms with E-state index < -0.39 is 11.9 Å². The Morgan fingerprint density at radius 2 is 2.00 bits per heavy atom. The van der Waals surface area contributed by atoms with Gasteiger partial charge >= 0.3 is 0 Å². The molecule has 0 saturated heterocycles. The number of halogens is 3. The first kappa shape index (κ1) is 14.4. The van der Waals surface area contributed by atoms with Gasteiger partial charge in [-0.2, -0.15) is 0 Å². The van der Waals surface area contributed by atoms with Crippen molar-refractivity contribution in [3.63, 3.8) is 0 Å². The standard InChI is InChI=1S/C16H11BrClFN2/c17-12-5-4-11(15(19)14(12)18)16(20)10-3-6-13-9(8-10)2-1-7-21-13/h1-8,16H,20H2. The Hall–Kier alpha value is -1.49. The third-order valence-corrected chi connectivity index (χ3v) is 4.64. The van der Waals surface area contributed by atoms with Crippen LogP contribution in [0.3, 0.4) is 0 Å². The fourth-order valence-electron chi connectivity index (χ4n) is 2.25. The Balaban J connectivity index is 2.08. The van der Waals surface area contributed by atoms with Gasteiger partial charge in [-0.05, 0) is 45.8 Å². The van der Waals surface area contributed by atoms with E-state index in [9.17, 15) is 4.39 Å². The lowest BCUT2D eigenvalue weighted by Crippen LogP contribution is -2.14. The zero-order chi connectivity index (χ0) is 15.0. The van der Waals surface area contributed by atoms with Gasteiger partial charge in [0.25, 0.3) is 0 Å². The molecule has 1 aromatic heterocycles. The van der Waals surface area contributed by atoms with E-state index in [1.54, 1.807) is 18.3 Å². The maximum Gasteiger partial charge on any atom is 0.148 e. The molecule has 0 fully saturated rings. The van der Waals surface area contributed by atoms with E-state index in [4.69, 9.17) is 17.3 Å². The van der Waals surface area contributed by atoms with Gasteiger partial charge in [0.1, 0.15) is 5.82 Å². The fraction of sp³-hybridized carbons (Fsp3) is 0.0625. The molecule has 0 radical (unpaired) electrons. The quantitative estimate of drug-likeness (QED) is 0.660. The first-order valence-electron chi connectivity index (χ1n) is 6.31. The SMILES string of the molecule is NC(c1ccc2ncccc2c1)c1ccc(Br)c(Cl)c1F. The lowest BCUT2D eigenvalue weighted by atomic mass is 9.98. The number of pyridine rings is 1. The largest absolute Gasteiger partial charge is 0.320 e. The summed E-state index contributed by atoms with van der Waals surface area (Å²) in [5.41, 5.74) is 8.25. The Labute approximate surface area is 134 Å². The van der Waals surface area contributed by atoms with Crippen LogP contribution in [0.25, 0.3) is 10.9 Å². The minimum Gasteiger partial charge on any atom is -0.320 e. The smallest absolute Gasteiger partial charge is 0.148 e. The van der Waals surface area contributed by atoms with Gasteiger partial charge in [0, 0.05) is 21.6 Å². The van der Waals surface area contributed by atoms with Gasteiger partial charge in [-0.3, -0.25) is 4.98 Å². The van der Waals surface area contributed by atoms with Crippen LogP contribution in [0.15, 0.2) is 53.1 Å². The maximum absolute atomic E-state index is 14.3. The zero-order valence-electron chi connectivity index (χ0n) is 10.9. The summed E-state index contributed by atoms with van der Waals surface area (Å²) >= 11 is 9.12. The van der Waals surface area contributed by atoms with Crippen molar-refractivity contribution in [1.29, 1.82) is 0 Å². The lowest BCUT2D eigenvalue weighted by molar-refractivity contribution is 0.599. The van der Waals surface area contributed by atoms with Crippen molar-refractivity contribution in [1.82, 2.24) is 4.98 Å². The molecule has 0 aliphatic heterocycles. The molecule has 0 spiro atoms. The highest BCUT2D eigenvalue weighted by atomic mass is 79.9. The Morgan fingerprint density at radius 3 is 2.81 bits per heavy atom. The second-order valence-corrected chi connectivity index (χ2v) is 5.93. The fourth-order valence-corrected chi connectivity index (χ4v) is 2.73. The summed E-state index contributed by atoms with van der Waals surface area (Å²) in [7, 11) is 0. The van der Waals surface area contributed by atoms with E-state index >= 15 is 0 Å². The monoisotopic (exact) mass is 364 g/mol. The average molecular weight is 366 g/mol. The van der Waals surface area contributed by atoms with Crippen LogP contribution < -0.4 is 5.73 Å². The molecule has 2 nitrogen and oxygen atoms in total. The summed E-state index contributed by atoms with van der Waals surface area (Å²) in [4.78, 5) is 4.26. The van der Waals surface area contributed by atoms with Crippen molar-refractivity contribution in [3.05, 3.63) is 75.1 Å².